The molecule has 2 aromatic rings. The molecule has 0 N–H and O–H groups in total. The molecule has 0 saturated heterocycles. The fourth-order valence-electron chi connectivity index (χ4n) is 0.833. The summed E-state index contributed by atoms with van der Waals surface area (Å²) in [5.41, 5.74) is 0.325. The second-order valence-corrected chi connectivity index (χ2v) is 4.70. The standard InChI is InChI=1S/C6H4BrClN2O.C4H2Cl2N2/c7-3-5(11)4-1-2-6(8)10-9-4;5-3-1-2-4(6)8-7-3/h1-2H,3H2;1-2H. The van der Waals surface area contributed by atoms with Crippen LogP contribution in [0.15, 0.2) is 24.3 Å². The van der Waals surface area contributed by atoms with Crippen molar-refractivity contribution in [2.24, 2.45) is 0 Å². The van der Waals surface area contributed by atoms with E-state index in [0.717, 1.165) is 0 Å². The van der Waals surface area contributed by atoms with E-state index in [9.17, 15) is 4.79 Å². The summed E-state index contributed by atoms with van der Waals surface area (Å²) in [6, 6.07) is 6.23. The van der Waals surface area contributed by atoms with Crippen molar-refractivity contribution in [1.82, 2.24) is 20.4 Å². The molecule has 0 bridgehead atoms. The number of carbonyl (C=O) groups excluding carboxylic acids is 1. The van der Waals surface area contributed by atoms with Crippen molar-refractivity contribution >= 4 is 56.5 Å². The molecule has 0 unspecified atom stereocenters. The number of ketones is 1. The van der Waals surface area contributed by atoms with Crippen molar-refractivity contribution < 1.29 is 4.79 Å². The van der Waals surface area contributed by atoms with Gasteiger partial charge < -0.3 is 0 Å². The van der Waals surface area contributed by atoms with Crippen LogP contribution in [0.3, 0.4) is 0 Å². The van der Waals surface area contributed by atoms with Crippen LogP contribution in [0, 0.1) is 0 Å². The van der Waals surface area contributed by atoms with E-state index >= 15 is 0 Å². The lowest BCUT2D eigenvalue weighted by molar-refractivity contribution is 0.101. The lowest BCUT2D eigenvalue weighted by atomic mass is 10.3. The Hall–Kier alpha value is -0.820. The van der Waals surface area contributed by atoms with Crippen LogP contribution in [0.1, 0.15) is 10.5 Å². The van der Waals surface area contributed by atoms with E-state index in [-0.39, 0.29) is 16.3 Å². The number of Topliss-reactive ketones (excluding diaryl/α,β-unsaturated/α-hetero) is 1. The van der Waals surface area contributed by atoms with Gasteiger partial charge in [-0.1, -0.05) is 50.7 Å². The Morgan fingerprint density at radius 2 is 1.32 bits per heavy atom. The Labute approximate surface area is 132 Å². The summed E-state index contributed by atoms with van der Waals surface area (Å²) in [4.78, 5) is 10.9. The highest BCUT2D eigenvalue weighted by Gasteiger charge is 2.04. The smallest absolute Gasteiger partial charge is 0.193 e. The van der Waals surface area contributed by atoms with Gasteiger partial charge in [0, 0.05) is 0 Å². The van der Waals surface area contributed by atoms with Crippen LogP contribution in [0.2, 0.25) is 15.5 Å². The summed E-state index contributed by atoms with van der Waals surface area (Å²) in [7, 11) is 0. The molecule has 0 aliphatic rings. The molecule has 0 fully saturated rings. The summed E-state index contributed by atoms with van der Waals surface area (Å²) in [5, 5.41) is 15.3. The molecule has 0 amide bonds. The van der Waals surface area contributed by atoms with Gasteiger partial charge in [0.1, 0.15) is 5.69 Å². The molecule has 0 spiro atoms. The van der Waals surface area contributed by atoms with Crippen LogP contribution in [-0.2, 0) is 0 Å². The number of alkyl halides is 1. The summed E-state index contributed by atoms with van der Waals surface area (Å²) < 4.78 is 0. The quantitative estimate of drug-likeness (QED) is 0.586. The maximum atomic E-state index is 10.9. The minimum atomic E-state index is -0.103. The van der Waals surface area contributed by atoms with Crippen LogP contribution < -0.4 is 0 Å². The first kappa shape index (κ1) is 16.2. The van der Waals surface area contributed by atoms with Gasteiger partial charge in [0.05, 0.1) is 5.33 Å². The van der Waals surface area contributed by atoms with Gasteiger partial charge in [-0.05, 0) is 24.3 Å². The molecule has 0 aliphatic heterocycles. The van der Waals surface area contributed by atoms with Crippen molar-refractivity contribution in [3.05, 3.63) is 45.4 Å². The number of nitrogens with zero attached hydrogens (tertiary/aromatic N) is 4. The van der Waals surface area contributed by atoms with Gasteiger partial charge in [0.15, 0.2) is 21.2 Å². The molecule has 5 nitrogen and oxygen atoms in total. The van der Waals surface area contributed by atoms with Gasteiger partial charge in [-0.2, -0.15) is 0 Å². The van der Waals surface area contributed by atoms with Gasteiger partial charge in [-0.15, -0.1) is 20.4 Å². The largest absolute Gasteiger partial charge is 0.291 e. The number of hydrogen-bond acceptors (Lipinski definition) is 5. The summed E-state index contributed by atoms with van der Waals surface area (Å²) in [5.74, 6) is -0.103. The topological polar surface area (TPSA) is 68.6 Å². The van der Waals surface area contributed by atoms with Crippen LogP contribution in [0.5, 0.6) is 0 Å². The van der Waals surface area contributed by atoms with Crippen molar-refractivity contribution in [3.63, 3.8) is 0 Å². The van der Waals surface area contributed by atoms with Crippen LogP contribution in [0.4, 0.5) is 0 Å². The van der Waals surface area contributed by atoms with Gasteiger partial charge in [0.2, 0.25) is 0 Å². The highest BCUT2D eigenvalue weighted by atomic mass is 79.9. The third kappa shape index (κ3) is 6.24. The Morgan fingerprint density at radius 3 is 1.63 bits per heavy atom. The Balaban J connectivity index is 0.000000200. The number of rotatable bonds is 2. The monoisotopic (exact) mass is 382 g/mol. The van der Waals surface area contributed by atoms with Gasteiger partial charge in [-0.3, -0.25) is 4.79 Å². The molecule has 0 radical (unpaired) electrons. The maximum Gasteiger partial charge on any atom is 0.193 e. The van der Waals surface area contributed by atoms with E-state index < -0.39 is 0 Å². The second kappa shape index (κ2) is 8.37. The van der Waals surface area contributed by atoms with E-state index in [0.29, 0.717) is 16.0 Å². The highest BCUT2D eigenvalue weighted by molar-refractivity contribution is 9.09. The zero-order valence-corrected chi connectivity index (χ0v) is 13.1. The minimum absolute atomic E-state index is 0.103. The van der Waals surface area contributed by atoms with Crippen molar-refractivity contribution in [1.29, 1.82) is 0 Å². The molecule has 0 saturated carbocycles. The van der Waals surface area contributed by atoms with E-state index in [4.69, 9.17) is 34.8 Å². The first-order valence-electron chi connectivity index (χ1n) is 4.76. The molecule has 19 heavy (non-hydrogen) atoms. The molecule has 100 valence electrons. The van der Waals surface area contributed by atoms with Gasteiger partial charge in [-0.25, -0.2) is 0 Å². The van der Waals surface area contributed by atoms with E-state index in [1.165, 1.54) is 6.07 Å². The molecule has 0 atom stereocenters. The van der Waals surface area contributed by atoms with Crippen LogP contribution in [-0.4, -0.2) is 31.5 Å². The Bertz CT molecular complexity index is 514. The normalized spacial score (nSPS) is 9.47. The Kier molecular flexibility index (Phi) is 7.15. The average Bonchev–Trinajstić information content (AvgIpc) is 2.43. The summed E-state index contributed by atoms with van der Waals surface area (Å²) >= 11 is 19.2. The average molecular weight is 384 g/mol. The number of aromatic nitrogens is 4. The second-order valence-electron chi connectivity index (χ2n) is 2.98. The Morgan fingerprint density at radius 1 is 0.895 bits per heavy atom. The predicted octanol–water partition coefficient (Wildman–Crippen LogP) is 3.49. The lowest BCUT2D eigenvalue weighted by Crippen LogP contribution is -2.03. The zero-order valence-electron chi connectivity index (χ0n) is 9.23. The molecular formula is C10H6BrCl3N4O. The molecule has 2 rings (SSSR count). The fourth-order valence-corrected chi connectivity index (χ4v) is 1.42. The number of halogens is 4. The molecule has 2 aromatic heterocycles. The fraction of sp³-hybridized carbons (Fsp3) is 0.100. The SMILES string of the molecule is Clc1ccc(Cl)nn1.O=C(CBr)c1ccc(Cl)nn1. The first-order chi connectivity index (χ1) is 9.02. The third-order valence-electron chi connectivity index (χ3n) is 1.64. The van der Waals surface area contributed by atoms with Crippen LogP contribution >= 0.6 is 50.7 Å². The molecule has 9 heteroatoms. The van der Waals surface area contributed by atoms with Crippen molar-refractivity contribution in [3.8, 4) is 0 Å². The summed E-state index contributed by atoms with van der Waals surface area (Å²) in [6.45, 7) is 0. The van der Waals surface area contributed by atoms with Crippen molar-refractivity contribution in [2.75, 3.05) is 5.33 Å². The number of hydrogen-bond donors (Lipinski definition) is 0. The van der Waals surface area contributed by atoms with E-state index in [2.05, 4.69) is 36.3 Å². The van der Waals surface area contributed by atoms with E-state index in [1.54, 1.807) is 18.2 Å². The van der Waals surface area contributed by atoms with Crippen molar-refractivity contribution in [2.45, 2.75) is 0 Å². The highest BCUT2D eigenvalue weighted by Crippen LogP contribution is 2.05. The molecule has 2 heterocycles. The first-order valence-corrected chi connectivity index (χ1v) is 7.01. The third-order valence-corrected chi connectivity index (χ3v) is 2.75. The zero-order chi connectivity index (χ0) is 14.3. The molecule has 0 aliphatic carbocycles. The maximum absolute atomic E-state index is 10.9. The minimum Gasteiger partial charge on any atom is -0.291 e. The van der Waals surface area contributed by atoms with Gasteiger partial charge >= 0.3 is 0 Å². The van der Waals surface area contributed by atoms with Gasteiger partial charge in [0.25, 0.3) is 0 Å². The molecular weight excluding hydrogens is 378 g/mol. The predicted molar refractivity (Wildman–Crippen MR) is 77.2 cm³/mol. The number of carbonyl (C=O) groups is 1. The lowest BCUT2D eigenvalue weighted by Gasteiger charge is -1.92. The molecule has 0 aromatic carbocycles. The van der Waals surface area contributed by atoms with Crippen LogP contribution in [0.25, 0.3) is 0 Å². The van der Waals surface area contributed by atoms with E-state index in [1.807, 2.05) is 0 Å². The summed E-state index contributed by atoms with van der Waals surface area (Å²) in [6.07, 6.45) is 0.